The van der Waals surface area contributed by atoms with Gasteiger partial charge in [-0.25, -0.2) is 13.2 Å². The molecule has 0 aliphatic rings. The van der Waals surface area contributed by atoms with Crippen LogP contribution in [0.5, 0.6) is 0 Å². The Bertz CT molecular complexity index is 423. The van der Waals surface area contributed by atoms with Crippen LogP contribution in [-0.2, 0) is 9.53 Å². The molecular weight excluding hydrogens is 235 g/mol. The van der Waals surface area contributed by atoms with Gasteiger partial charge in [0.25, 0.3) is 0 Å². The zero-order chi connectivity index (χ0) is 13.0. The Hall–Kier alpha value is -1.72. The van der Waals surface area contributed by atoms with Gasteiger partial charge in [-0.2, -0.15) is 0 Å². The van der Waals surface area contributed by atoms with Gasteiger partial charge in [0.15, 0.2) is 11.6 Å². The number of carbonyl (C=O) groups is 1. The van der Waals surface area contributed by atoms with E-state index in [2.05, 4.69) is 10.1 Å². The van der Waals surface area contributed by atoms with Crippen molar-refractivity contribution < 1.29 is 22.7 Å². The Morgan fingerprint density at radius 3 is 2.65 bits per heavy atom. The molecule has 0 bridgehead atoms. The molecule has 0 saturated carbocycles. The summed E-state index contributed by atoms with van der Waals surface area (Å²) in [5.41, 5.74) is -0.320. The number of nitrogens with one attached hydrogen (secondary N) is 1. The molecule has 1 N–H and O–H groups in total. The summed E-state index contributed by atoms with van der Waals surface area (Å²) >= 11 is 0. The predicted octanol–water partition coefficient (Wildman–Crippen LogP) is 2.47. The van der Waals surface area contributed by atoms with Gasteiger partial charge in [0, 0.05) is 18.2 Å². The SMILES string of the molecule is COC(=O)CC(C)Nc1cc(F)cc(F)c1F. The van der Waals surface area contributed by atoms with Crippen LogP contribution in [0.2, 0.25) is 0 Å². The summed E-state index contributed by atoms with van der Waals surface area (Å²) in [4.78, 5) is 10.9. The highest BCUT2D eigenvalue weighted by molar-refractivity contribution is 5.70. The second-order valence-corrected chi connectivity index (χ2v) is 3.57. The minimum Gasteiger partial charge on any atom is -0.469 e. The van der Waals surface area contributed by atoms with Crippen molar-refractivity contribution in [3.8, 4) is 0 Å². The summed E-state index contributed by atoms with van der Waals surface area (Å²) in [6, 6.07) is 0.774. The van der Waals surface area contributed by atoms with Crippen LogP contribution in [0.1, 0.15) is 13.3 Å². The van der Waals surface area contributed by atoms with Crippen LogP contribution in [0.15, 0.2) is 12.1 Å². The molecular formula is C11H12F3NO2. The molecule has 0 heterocycles. The third-order valence-electron chi connectivity index (χ3n) is 2.10. The van der Waals surface area contributed by atoms with E-state index < -0.39 is 29.5 Å². The second-order valence-electron chi connectivity index (χ2n) is 3.57. The lowest BCUT2D eigenvalue weighted by Crippen LogP contribution is -2.21. The molecule has 3 nitrogen and oxygen atoms in total. The number of benzene rings is 1. The molecule has 0 amide bonds. The summed E-state index contributed by atoms with van der Waals surface area (Å²) in [7, 11) is 1.22. The van der Waals surface area contributed by atoms with Crippen LogP contribution in [0, 0.1) is 17.5 Å². The average molecular weight is 247 g/mol. The van der Waals surface area contributed by atoms with Crippen molar-refractivity contribution in [3.05, 3.63) is 29.6 Å². The molecule has 94 valence electrons. The van der Waals surface area contributed by atoms with Crippen molar-refractivity contribution in [2.45, 2.75) is 19.4 Å². The van der Waals surface area contributed by atoms with Gasteiger partial charge in [0.2, 0.25) is 0 Å². The van der Waals surface area contributed by atoms with Crippen LogP contribution >= 0.6 is 0 Å². The molecule has 1 aromatic carbocycles. The highest BCUT2D eigenvalue weighted by atomic mass is 19.2. The van der Waals surface area contributed by atoms with Crippen LogP contribution in [0.4, 0.5) is 18.9 Å². The Morgan fingerprint density at radius 2 is 2.06 bits per heavy atom. The van der Waals surface area contributed by atoms with E-state index in [0.29, 0.717) is 6.07 Å². The maximum Gasteiger partial charge on any atom is 0.307 e. The Morgan fingerprint density at radius 1 is 1.41 bits per heavy atom. The summed E-state index contributed by atoms with van der Waals surface area (Å²) in [6.07, 6.45) is -0.0337. The third-order valence-corrected chi connectivity index (χ3v) is 2.10. The molecule has 17 heavy (non-hydrogen) atoms. The molecule has 0 aromatic heterocycles. The molecule has 0 saturated heterocycles. The number of ether oxygens (including phenoxy) is 1. The fraction of sp³-hybridized carbons (Fsp3) is 0.364. The fourth-order valence-corrected chi connectivity index (χ4v) is 1.31. The van der Waals surface area contributed by atoms with E-state index in [4.69, 9.17) is 0 Å². The van der Waals surface area contributed by atoms with Crippen molar-refractivity contribution in [3.63, 3.8) is 0 Å². The quantitative estimate of drug-likeness (QED) is 0.656. The van der Waals surface area contributed by atoms with Crippen LogP contribution in [0.3, 0.4) is 0 Å². The standard InChI is InChI=1S/C11H12F3NO2/c1-6(3-10(16)17-2)15-9-5-7(12)4-8(13)11(9)14/h4-6,15H,3H2,1-2H3. The minimum absolute atomic E-state index is 0.0337. The maximum absolute atomic E-state index is 13.2. The molecule has 0 fully saturated rings. The molecule has 6 heteroatoms. The lowest BCUT2D eigenvalue weighted by Gasteiger charge is -2.14. The topological polar surface area (TPSA) is 38.3 Å². The first-order valence-corrected chi connectivity index (χ1v) is 4.92. The Labute approximate surface area is 96.6 Å². The van der Waals surface area contributed by atoms with Gasteiger partial charge in [0.05, 0.1) is 19.2 Å². The third kappa shape index (κ3) is 3.65. The summed E-state index contributed by atoms with van der Waals surface area (Å²) in [5.74, 6) is -3.85. The Balaban J connectivity index is 2.77. The summed E-state index contributed by atoms with van der Waals surface area (Å²) in [6.45, 7) is 1.57. The first-order chi connectivity index (χ1) is 7.93. The predicted molar refractivity (Wildman–Crippen MR) is 56.0 cm³/mol. The molecule has 1 rings (SSSR count). The highest BCUT2D eigenvalue weighted by Gasteiger charge is 2.15. The molecule has 0 aliphatic heterocycles. The van der Waals surface area contributed by atoms with Crippen LogP contribution < -0.4 is 5.32 Å². The van der Waals surface area contributed by atoms with Gasteiger partial charge in [-0.3, -0.25) is 4.79 Å². The number of methoxy groups -OCH3 is 1. The van der Waals surface area contributed by atoms with Gasteiger partial charge < -0.3 is 10.1 Å². The molecule has 0 radical (unpaired) electrons. The maximum atomic E-state index is 13.2. The summed E-state index contributed by atoms with van der Waals surface area (Å²) in [5, 5.41) is 2.50. The van der Waals surface area contributed by atoms with E-state index >= 15 is 0 Å². The number of rotatable bonds is 4. The van der Waals surface area contributed by atoms with Crippen molar-refractivity contribution in [1.29, 1.82) is 0 Å². The van der Waals surface area contributed by atoms with E-state index in [1.807, 2.05) is 0 Å². The van der Waals surface area contributed by atoms with Crippen LogP contribution in [0.25, 0.3) is 0 Å². The minimum atomic E-state index is -1.28. The van der Waals surface area contributed by atoms with Crippen LogP contribution in [-0.4, -0.2) is 19.1 Å². The lowest BCUT2D eigenvalue weighted by molar-refractivity contribution is -0.140. The largest absolute Gasteiger partial charge is 0.469 e. The highest BCUT2D eigenvalue weighted by Crippen LogP contribution is 2.20. The zero-order valence-electron chi connectivity index (χ0n) is 9.39. The van der Waals surface area contributed by atoms with E-state index in [1.54, 1.807) is 6.92 Å². The lowest BCUT2D eigenvalue weighted by atomic mass is 10.2. The first kappa shape index (κ1) is 13.3. The number of anilines is 1. The van der Waals surface area contributed by atoms with E-state index in [-0.39, 0.29) is 12.1 Å². The Kier molecular flexibility index (Phi) is 4.37. The zero-order valence-corrected chi connectivity index (χ0v) is 9.39. The van der Waals surface area contributed by atoms with Crippen molar-refractivity contribution in [2.75, 3.05) is 12.4 Å². The monoisotopic (exact) mass is 247 g/mol. The number of halogens is 3. The summed E-state index contributed by atoms with van der Waals surface area (Å²) < 4.78 is 43.4. The number of hydrogen-bond acceptors (Lipinski definition) is 3. The molecule has 0 spiro atoms. The molecule has 1 unspecified atom stereocenters. The average Bonchev–Trinajstić information content (AvgIpc) is 2.24. The van der Waals surface area contributed by atoms with Crippen molar-refractivity contribution in [2.24, 2.45) is 0 Å². The van der Waals surface area contributed by atoms with Gasteiger partial charge in [0.1, 0.15) is 5.82 Å². The van der Waals surface area contributed by atoms with Gasteiger partial charge >= 0.3 is 5.97 Å². The normalized spacial score (nSPS) is 12.1. The fourth-order valence-electron chi connectivity index (χ4n) is 1.31. The number of hydrogen-bond donors (Lipinski definition) is 1. The number of carbonyl (C=O) groups excluding carboxylic acids is 1. The van der Waals surface area contributed by atoms with E-state index in [0.717, 1.165) is 6.07 Å². The smallest absolute Gasteiger partial charge is 0.307 e. The molecule has 1 atom stereocenters. The number of esters is 1. The van der Waals surface area contributed by atoms with E-state index in [9.17, 15) is 18.0 Å². The first-order valence-electron chi connectivity index (χ1n) is 4.92. The van der Waals surface area contributed by atoms with Crippen molar-refractivity contribution in [1.82, 2.24) is 0 Å². The van der Waals surface area contributed by atoms with Gasteiger partial charge in [-0.05, 0) is 6.92 Å². The molecule has 0 aliphatic carbocycles. The van der Waals surface area contributed by atoms with Gasteiger partial charge in [-0.1, -0.05) is 0 Å². The van der Waals surface area contributed by atoms with E-state index in [1.165, 1.54) is 7.11 Å². The van der Waals surface area contributed by atoms with Gasteiger partial charge in [-0.15, -0.1) is 0 Å². The molecule has 1 aromatic rings. The van der Waals surface area contributed by atoms with Crippen molar-refractivity contribution >= 4 is 11.7 Å². The second kappa shape index (κ2) is 5.56.